The van der Waals surface area contributed by atoms with Gasteiger partial charge in [-0.2, -0.15) is 0 Å². The molecule has 8 heteroatoms. The summed E-state index contributed by atoms with van der Waals surface area (Å²) in [5.41, 5.74) is -1.09. The smallest absolute Gasteiger partial charge is 0.293 e. The molecule has 21 heavy (non-hydrogen) atoms. The summed E-state index contributed by atoms with van der Waals surface area (Å²) in [6.45, 7) is 1.23. The Kier molecular flexibility index (Phi) is 3.82. The van der Waals surface area contributed by atoms with Crippen LogP contribution in [0.3, 0.4) is 0 Å². The first kappa shape index (κ1) is 15.2. The highest BCUT2D eigenvalue weighted by Gasteiger charge is 2.18. The van der Waals surface area contributed by atoms with Crippen LogP contribution in [0.25, 0.3) is 0 Å². The van der Waals surface area contributed by atoms with Crippen LogP contribution in [0.15, 0.2) is 38.8 Å². The fourth-order valence-corrected chi connectivity index (χ4v) is 2.97. The highest BCUT2D eigenvalue weighted by atomic mass is 32.2. The van der Waals surface area contributed by atoms with E-state index in [4.69, 9.17) is 0 Å². The van der Waals surface area contributed by atoms with Gasteiger partial charge in [0, 0.05) is 23.6 Å². The van der Waals surface area contributed by atoms with Crippen molar-refractivity contribution in [2.45, 2.75) is 18.4 Å². The number of rotatable bonds is 3. The maximum absolute atomic E-state index is 14.0. The van der Waals surface area contributed by atoms with E-state index in [0.717, 1.165) is 16.9 Å². The topological polar surface area (TPSA) is 89.0 Å². The van der Waals surface area contributed by atoms with E-state index in [9.17, 15) is 22.4 Å². The van der Waals surface area contributed by atoms with Gasteiger partial charge in [-0.1, -0.05) is 6.07 Å². The molecule has 1 N–H and O–H groups in total. The predicted octanol–water partition coefficient (Wildman–Crippen LogP) is 0.436. The zero-order valence-electron chi connectivity index (χ0n) is 11.4. The number of nitrogens with zero attached hydrogens (tertiary/aromatic N) is 1. The van der Waals surface area contributed by atoms with Gasteiger partial charge in [0.2, 0.25) is 0 Å². The van der Waals surface area contributed by atoms with Gasteiger partial charge in [0.1, 0.15) is 5.82 Å². The molecule has 0 aliphatic carbocycles. The third kappa shape index (κ3) is 3.10. The zero-order valence-corrected chi connectivity index (χ0v) is 12.2. The van der Waals surface area contributed by atoms with Crippen LogP contribution in [0.1, 0.15) is 11.3 Å². The molecule has 0 saturated carbocycles. The summed E-state index contributed by atoms with van der Waals surface area (Å²) in [6, 6.07) is 4.87. The Hall–Kier alpha value is -2.22. The van der Waals surface area contributed by atoms with Gasteiger partial charge in [-0.3, -0.25) is 14.3 Å². The van der Waals surface area contributed by atoms with Gasteiger partial charge in [0.05, 0.1) is 11.4 Å². The lowest BCUT2D eigenvalue weighted by molar-refractivity contribution is 0.569. The Bertz CT molecular complexity index is 912. The van der Waals surface area contributed by atoms with Crippen molar-refractivity contribution in [1.82, 2.24) is 9.55 Å². The second kappa shape index (κ2) is 5.28. The van der Waals surface area contributed by atoms with E-state index >= 15 is 0 Å². The molecule has 0 fully saturated rings. The van der Waals surface area contributed by atoms with E-state index in [-0.39, 0.29) is 17.0 Å². The summed E-state index contributed by atoms with van der Waals surface area (Å²) in [5.74, 6) is -0.726. The molecular formula is C13H13FN2O4S. The minimum atomic E-state index is -3.64. The van der Waals surface area contributed by atoms with Crippen LogP contribution < -0.4 is 11.2 Å². The van der Waals surface area contributed by atoms with Crippen molar-refractivity contribution in [3.05, 3.63) is 62.2 Å². The monoisotopic (exact) mass is 312 g/mol. The molecule has 0 unspecified atom stereocenters. The average molecular weight is 312 g/mol. The van der Waals surface area contributed by atoms with Crippen LogP contribution in [0.2, 0.25) is 0 Å². The van der Waals surface area contributed by atoms with E-state index in [1.165, 1.54) is 25.1 Å². The summed E-state index contributed by atoms with van der Waals surface area (Å²) in [5, 5.41) is 0. The largest absolute Gasteiger partial charge is 0.328 e. The Labute approximate surface area is 119 Å². The van der Waals surface area contributed by atoms with Gasteiger partial charge < -0.3 is 0 Å². The molecule has 2 rings (SSSR count). The number of aromatic amines is 1. The Morgan fingerprint density at radius 2 is 1.95 bits per heavy atom. The first-order chi connectivity index (χ1) is 9.70. The van der Waals surface area contributed by atoms with Crippen molar-refractivity contribution in [1.29, 1.82) is 0 Å². The third-order valence-corrected chi connectivity index (χ3v) is 4.21. The van der Waals surface area contributed by atoms with Gasteiger partial charge in [-0.15, -0.1) is 0 Å². The number of hydrogen-bond acceptors (Lipinski definition) is 4. The molecule has 0 saturated heterocycles. The molecule has 0 spiro atoms. The third-order valence-electron chi connectivity index (χ3n) is 3.03. The molecule has 6 nitrogen and oxygen atoms in total. The van der Waals surface area contributed by atoms with E-state index < -0.39 is 26.9 Å². The zero-order chi connectivity index (χ0) is 15.8. The molecule has 0 aliphatic rings. The molecular weight excluding hydrogens is 299 g/mol. The number of aryl methyl sites for hydroxylation is 1. The van der Waals surface area contributed by atoms with Crippen LogP contribution >= 0.6 is 0 Å². The molecule has 1 aromatic carbocycles. The number of halogens is 1. The standard InChI is InChI=1S/C13H13FN2O4S/c1-8-6-12(17)15-13(18)16(8)7-9-10(14)4-3-5-11(9)21(2,19)20/h3-6H,7H2,1-2H3,(H,15,17,18). The van der Waals surface area contributed by atoms with Gasteiger partial charge in [0.25, 0.3) is 5.56 Å². The summed E-state index contributed by atoms with van der Waals surface area (Å²) >= 11 is 0. The maximum atomic E-state index is 14.0. The summed E-state index contributed by atoms with van der Waals surface area (Å²) < 4.78 is 38.5. The summed E-state index contributed by atoms with van der Waals surface area (Å²) in [7, 11) is -3.64. The predicted molar refractivity (Wildman–Crippen MR) is 74.7 cm³/mol. The van der Waals surface area contributed by atoms with Crippen molar-refractivity contribution in [3.63, 3.8) is 0 Å². The lowest BCUT2D eigenvalue weighted by Crippen LogP contribution is -2.32. The number of benzene rings is 1. The summed E-state index contributed by atoms with van der Waals surface area (Å²) in [4.78, 5) is 24.8. The van der Waals surface area contributed by atoms with Crippen LogP contribution in [0.5, 0.6) is 0 Å². The molecule has 1 heterocycles. The van der Waals surface area contributed by atoms with Crippen LogP contribution in [-0.4, -0.2) is 24.2 Å². The molecule has 112 valence electrons. The molecule has 0 radical (unpaired) electrons. The van der Waals surface area contributed by atoms with Gasteiger partial charge in [-0.05, 0) is 19.1 Å². The van der Waals surface area contributed by atoms with Crippen molar-refractivity contribution >= 4 is 9.84 Å². The SMILES string of the molecule is Cc1cc(=O)[nH]c(=O)n1Cc1c(F)cccc1S(C)(=O)=O. The summed E-state index contributed by atoms with van der Waals surface area (Å²) in [6.07, 6.45) is 0.966. The van der Waals surface area contributed by atoms with Crippen LogP contribution in [0.4, 0.5) is 4.39 Å². The number of sulfone groups is 1. The first-order valence-corrected chi connectivity index (χ1v) is 7.87. The normalized spacial score (nSPS) is 11.6. The quantitative estimate of drug-likeness (QED) is 0.890. The van der Waals surface area contributed by atoms with Crippen molar-refractivity contribution in [2.75, 3.05) is 6.26 Å². The molecule has 1 aromatic heterocycles. The first-order valence-electron chi connectivity index (χ1n) is 5.98. The fraction of sp³-hybridized carbons (Fsp3) is 0.231. The number of aromatic nitrogens is 2. The Morgan fingerprint density at radius 1 is 1.29 bits per heavy atom. The van der Waals surface area contributed by atoms with Crippen molar-refractivity contribution in [3.8, 4) is 0 Å². The highest BCUT2D eigenvalue weighted by Crippen LogP contribution is 2.19. The molecule has 0 atom stereocenters. The van der Waals surface area contributed by atoms with E-state index in [2.05, 4.69) is 4.98 Å². The minimum absolute atomic E-state index is 0.114. The van der Waals surface area contributed by atoms with Crippen molar-refractivity contribution in [2.24, 2.45) is 0 Å². The minimum Gasteiger partial charge on any atom is -0.293 e. The molecule has 0 amide bonds. The molecule has 0 bridgehead atoms. The Morgan fingerprint density at radius 3 is 2.52 bits per heavy atom. The number of hydrogen-bond donors (Lipinski definition) is 1. The molecule has 0 aliphatic heterocycles. The van der Waals surface area contributed by atoms with E-state index in [1.807, 2.05) is 0 Å². The van der Waals surface area contributed by atoms with E-state index in [1.54, 1.807) is 0 Å². The second-order valence-corrected chi connectivity index (χ2v) is 6.64. The van der Waals surface area contributed by atoms with Gasteiger partial charge >= 0.3 is 5.69 Å². The maximum Gasteiger partial charge on any atom is 0.328 e. The fourth-order valence-electron chi connectivity index (χ4n) is 2.03. The number of nitrogens with one attached hydrogen (secondary N) is 1. The lowest BCUT2D eigenvalue weighted by Gasteiger charge is -2.12. The highest BCUT2D eigenvalue weighted by molar-refractivity contribution is 7.90. The van der Waals surface area contributed by atoms with E-state index in [0.29, 0.717) is 5.69 Å². The molecule has 2 aromatic rings. The van der Waals surface area contributed by atoms with Gasteiger partial charge in [-0.25, -0.2) is 17.6 Å². The lowest BCUT2D eigenvalue weighted by atomic mass is 10.2. The average Bonchev–Trinajstić information content (AvgIpc) is 2.33. The van der Waals surface area contributed by atoms with Gasteiger partial charge in [0.15, 0.2) is 9.84 Å². The van der Waals surface area contributed by atoms with Crippen molar-refractivity contribution < 1.29 is 12.8 Å². The Balaban J connectivity index is 2.66. The second-order valence-electron chi connectivity index (χ2n) is 4.65. The number of H-pyrrole nitrogens is 1. The van der Waals surface area contributed by atoms with Crippen LogP contribution in [0, 0.1) is 12.7 Å². The van der Waals surface area contributed by atoms with Crippen LogP contribution in [-0.2, 0) is 16.4 Å².